The fraction of sp³-hybridized carbons (Fsp3) is 0.667. The summed E-state index contributed by atoms with van der Waals surface area (Å²) in [7, 11) is 0. The molecule has 13 heavy (non-hydrogen) atoms. The second-order valence-corrected chi connectivity index (χ2v) is 4.01. The lowest BCUT2D eigenvalue weighted by atomic mass is 9.95. The van der Waals surface area contributed by atoms with Gasteiger partial charge < -0.3 is 10.4 Å². The zero-order valence-electron chi connectivity index (χ0n) is 8.17. The summed E-state index contributed by atoms with van der Waals surface area (Å²) in [6.45, 7) is 5.80. The standard InChI is InChI=1S/C9H17N3O/c1-9(2,7-13)6-10-5-8-3-4-11-12-8/h3-4,10,13H,5-7H2,1-2H3,(H,11,12). The van der Waals surface area contributed by atoms with Crippen LogP contribution in [0.5, 0.6) is 0 Å². The minimum atomic E-state index is -0.0555. The van der Waals surface area contributed by atoms with E-state index in [0.29, 0.717) is 0 Å². The van der Waals surface area contributed by atoms with E-state index in [9.17, 15) is 0 Å². The first-order valence-corrected chi connectivity index (χ1v) is 4.44. The van der Waals surface area contributed by atoms with Crippen LogP contribution in [0.4, 0.5) is 0 Å². The molecule has 0 aliphatic carbocycles. The van der Waals surface area contributed by atoms with E-state index in [0.717, 1.165) is 18.8 Å². The Hall–Kier alpha value is -0.870. The Labute approximate surface area is 78.4 Å². The number of aromatic amines is 1. The van der Waals surface area contributed by atoms with Crippen LogP contribution in [0.1, 0.15) is 19.5 Å². The maximum atomic E-state index is 8.99. The van der Waals surface area contributed by atoms with Crippen molar-refractivity contribution in [2.24, 2.45) is 5.41 Å². The molecule has 1 aromatic rings. The topological polar surface area (TPSA) is 60.9 Å². The number of nitrogens with one attached hydrogen (secondary N) is 2. The number of hydrogen-bond acceptors (Lipinski definition) is 3. The zero-order valence-corrected chi connectivity index (χ0v) is 8.17. The van der Waals surface area contributed by atoms with Crippen molar-refractivity contribution in [2.75, 3.05) is 13.2 Å². The van der Waals surface area contributed by atoms with E-state index in [-0.39, 0.29) is 12.0 Å². The molecule has 0 radical (unpaired) electrons. The number of aromatic nitrogens is 2. The zero-order chi connectivity index (χ0) is 9.73. The average molecular weight is 183 g/mol. The highest BCUT2D eigenvalue weighted by molar-refractivity contribution is 4.96. The smallest absolute Gasteiger partial charge is 0.0494 e. The predicted molar refractivity (Wildman–Crippen MR) is 51.2 cm³/mol. The lowest BCUT2D eigenvalue weighted by Crippen LogP contribution is -2.31. The molecule has 0 unspecified atom stereocenters. The minimum Gasteiger partial charge on any atom is -0.396 e. The van der Waals surface area contributed by atoms with Gasteiger partial charge in [0.25, 0.3) is 0 Å². The van der Waals surface area contributed by atoms with Crippen LogP contribution >= 0.6 is 0 Å². The molecule has 0 saturated carbocycles. The van der Waals surface area contributed by atoms with Gasteiger partial charge in [0.05, 0.1) is 0 Å². The van der Waals surface area contributed by atoms with Crippen LogP contribution in [0.15, 0.2) is 12.3 Å². The van der Waals surface area contributed by atoms with Crippen LogP contribution in [0.25, 0.3) is 0 Å². The summed E-state index contributed by atoms with van der Waals surface area (Å²) >= 11 is 0. The Balaban J connectivity index is 2.21. The molecule has 74 valence electrons. The van der Waals surface area contributed by atoms with Gasteiger partial charge in [0.2, 0.25) is 0 Å². The van der Waals surface area contributed by atoms with Crippen LogP contribution in [-0.4, -0.2) is 28.5 Å². The Bertz CT molecular complexity index is 231. The molecule has 0 spiro atoms. The Morgan fingerprint density at radius 3 is 2.92 bits per heavy atom. The average Bonchev–Trinajstić information content (AvgIpc) is 2.57. The van der Waals surface area contributed by atoms with E-state index in [2.05, 4.69) is 15.5 Å². The van der Waals surface area contributed by atoms with E-state index in [1.54, 1.807) is 6.20 Å². The van der Waals surface area contributed by atoms with E-state index >= 15 is 0 Å². The second-order valence-electron chi connectivity index (χ2n) is 4.01. The van der Waals surface area contributed by atoms with Crippen molar-refractivity contribution >= 4 is 0 Å². The van der Waals surface area contributed by atoms with Crippen molar-refractivity contribution in [1.82, 2.24) is 15.5 Å². The molecule has 1 heterocycles. The molecule has 3 N–H and O–H groups in total. The van der Waals surface area contributed by atoms with Crippen molar-refractivity contribution in [2.45, 2.75) is 20.4 Å². The third kappa shape index (κ3) is 3.57. The maximum absolute atomic E-state index is 8.99. The molecule has 0 aliphatic heterocycles. The number of aliphatic hydroxyl groups is 1. The van der Waals surface area contributed by atoms with Crippen molar-refractivity contribution in [1.29, 1.82) is 0 Å². The molecule has 1 aromatic heterocycles. The van der Waals surface area contributed by atoms with Crippen LogP contribution in [0.2, 0.25) is 0 Å². The molecule has 0 amide bonds. The monoisotopic (exact) mass is 183 g/mol. The fourth-order valence-corrected chi connectivity index (χ4v) is 0.975. The van der Waals surface area contributed by atoms with Gasteiger partial charge in [-0.3, -0.25) is 5.10 Å². The minimum absolute atomic E-state index is 0.0555. The second kappa shape index (κ2) is 4.39. The molecular weight excluding hydrogens is 166 g/mol. The molecule has 0 atom stereocenters. The van der Waals surface area contributed by atoms with E-state index in [4.69, 9.17) is 5.11 Å². The first-order valence-electron chi connectivity index (χ1n) is 4.44. The van der Waals surface area contributed by atoms with Crippen molar-refractivity contribution in [3.05, 3.63) is 18.0 Å². The van der Waals surface area contributed by atoms with Crippen LogP contribution in [0.3, 0.4) is 0 Å². The van der Waals surface area contributed by atoms with Gasteiger partial charge in [-0.15, -0.1) is 0 Å². The Morgan fingerprint density at radius 1 is 1.62 bits per heavy atom. The summed E-state index contributed by atoms with van der Waals surface area (Å²) in [5, 5.41) is 18.9. The van der Waals surface area contributed by atoms with Gasteiger partial charge in [0, 0.05) is 37.0 Å². The Morgan fingerprint density at radius 2 is 2.38 bits per heavy atom. The van der Waals surface area contributed by atoms with Gasteiger partial charge in [-0.05, 0) is 6.07 Å². The highest BCUT2D eigenvalue weighted by Crippen LogP contribution is 2.11. The third-order valence-electron chi connectivity index (χ3n) is 1.91. The van der Waals surface area contributed by atoms with Crippen LogP contribution < -0.4 is 5.32 Å². The quantitative estimate of drug-likeness (QED) is 0.623. The summed E-state index contributed by atoms with van der Waals surface area (Å²) in [5.41, 5.74) is 1.01. The molecule has 4 nitrogen and oxygen atoms in total. The molecule has 0 bridgehead atoms. The fourth-order valence-electron chi connectivity index (χ4n) is 0.975. The summed E-state index contributed by atoms with van der Waals surface area (Å²) in [4.78, 5) is 0. The van der Waals surface area contributed by atoms with Gasteiger partial charge in [-0.2, -0.15) is 5.10 Å². The van der Waals surface area contributed by atoms with Crippen molar-refractivity contribution in [3.8, 4) is 0 Å². The highest BCUT2D eigenvalue weighted by Gasteiger charge is 2.15. The Kier molecular flexibility index (Phi) is 3.45. The first kappa shape index (κ1) is 10.2. The number of hydrogen-bond donors (Lipinski definition) is 3. The molecule has 0 aromatic carbocycles. The molecule has 0 fully saturated rings. The third-order valence-corrected chi connectivity index (χ3v) is 1.91. The number of aliphatic hydroxyl groups excluding tert-OH is 1. The summed E-state index contributed by atoms with van der Waals surface area (Å²) in [6, 6.07) is 1.93. The molecule has 1 rings (SSSR count). The van der Waals surface area contributed by atoms with Gasteiger partial charge in [0.1, 0.15) is 0 Å². The molecule has 4 heteroatoms. The normalized spacial score (nSPS) is 11.9. The van der Waals surface area contributed by atoms with Crippen molar-refractivity contribution in [3.63, 3.8) is 0 Å². The lowest BCUT2D eigenvalue weighted by molar-refractivity contribution is 0.156. The van der Waals surface area contributed by atoms with E-state index < -0.39 is 0 Å². The lowest BCUT2D eigenvalue weighted by Gasteiger charge is -2.21. The SMILES string of the molecule is CC(C)(CO)CNCc1ccn[nH]1. The molecular formula is C9H17N3O. The number of rotatable bonds is 5. The first-order chi connectivity index (χ1) is 6.14. The van der Waals surface area contributed by atoms with Crippen LogP contribution in [-0.2, 0) is 6.54 Å². The van der Waals surface area contributed by atoms with Gasteiger partial charge in [-0.1, -0.05) is 13.8 Å². The summed E-state index contributed by atoms with van der Waals surface area (Å²) < 4.78 is 0. The number of H-pyrrole nitrogens is 1. The van der Waals surface area contributed by atoms with E-state index in [1.807, 2.05) is 19.9 Å². The largest absolute Gasteiger partial charge is 0.396 e. The van der Waals surface area contributed by atoms with Gasteiger partial charge in [0.15, 0.2) is 0 Å². The summed E-state index contributed by atoms with van der Waals surface area (Å²) in [5.74, 6) is 0. The van der Waals surface area contributed by atoms with Crippen LogP contribution in [0, 0.1) is 5.41 Å². The summed E-state index contributed by atoms with van der Waals surface area (Å²) in [6.07, 6.45) is 1.73. The number of nitrogens with zero attached hydrogens (tertiary/aromatic N) is 1. The van der Waals surface area contributed by atoms with Gasteiger partial charge in [-0.25, -0.2) is 0 Å². The van der Waals surface area contributed by atoms with Crippen molar-refractivity contribution < 1.29 is 5.11 Å². The highest BCUT2D eigenvalue weighted by atomic mass is 16.3. The molecule has 0 saturated heterocycles. The predicted octanol–water partition coefficient (Wildman–Crippen LogP) is 0.518. The maximum Gasteiger partial charge on any atom is 0.0494 e. The molecule has 0 aliphatic rings. The van der Waals surface area contributed by atoms with Gasteiger partial charge >= 0.3 is 0 Å². The van der Waals surface area contributed by atoms with E-state index in [1.165, 1.54) is 0 Å².